The summed E-state index contributed by atoms with van der Waals surface area (Å²) < 4.78 is 0. The minimum Gasteiger partial charge on any atom is -0.332 e. The molecule has 1 aromatic rings. The van der Waals surface area contributed by atoms with E-state index in [1.54, 1.807) is 0 Å². The minimum absolute atomic E-state index is 0.0495. The van der Waals surface area contributed by atoms with E-state index in [4.69, 9.17) is 0 Å². The van der Waals surface area contributed by atoms with Crippen LogP contribution in [0.4, 0.5) is 0 Å². The third-order valence-corrected chi connectivity index (χ3v) is 3.49. The van der Waals surface area contributed by atoms with Gasteiger partial charge in [-0.1, -0.05) is 13.8 Å². The van der Waals surface area contributed by atoms with Crippen LogP contribution in [0.2, 0.25) is 0 Å². The van der Waals surface area contributed by atoms with Crippen LogP contribution in [0, 0.1) is 0 Å². The molecule has 1 saturated heterocycles. The molecule has 1 aromatic heterocycles. The van der Waals surface area contributed by atoms with Crippen LogP contribution >= 0.6 is 0 Å². The second kappa shape index (κ2) is 6.65. The molecule has 0 saturated carbocycles. The smallest absolute Gasteiger partial charge is 0.293 e. The number of nitrogens with one attached hydrogen (secondary N) is 2. The van der Waals surface area contributed by atoms with Crippen LogP contribution in [0.3, 0.4) is 0 Å². The lowest BCUT2D eigenvalue weighted by atomic mass is 10.1. The maximum Gasteiger partial charge on any atom is 0.293 e. The number of carbonyl (C=O) groups is 1. The van der Waals surface area contributed by atoms with Gasteiger partial charge in [-0.15, -0.1) is 5.10 Å². The highest BCUT2D eigenvalue weighted by Gasteiger charge is 2.27. The Labute approximate surface area is 114 Å². The van der Waals surface area contributed by atoms with Gasteiger partial charge in [0.15, 0.2) is 0 Å². The summed E-state index contributed by atoms with van der Waals surface area (Å²) in [7, 11) is 0. The van der Waals surface area contributed by atoms with Crippen molar-refractivity contribution in [3.05, 3.63) is 11.6 Å². The van der Waals surface area contributed by atoms with E-state index < -0.39 is 0 Å². The van der Waals surface area contributed by atoms with Crippen LogP contribution in [-0.4, -0.2) is 51.7 Å². The van der Waals surface area contributed by atoms with Gasteiger partial charge < -0.3 is 10.2 Å². The Balaban J connectivity index is 2.10. The monoisotopic (exact) mass is 265 g/mol. The maximum absolute atomic E-state index is 12.5. The Kier molecular flexibility index (Phi) is 4.90. The van der Waals surface area contributed by atoms with Crippen molar-refractivity contribution in [2.75, 3.05) is 19.6 Å². The van der Waals surface area contributed by atoms with Crippen LogP contribution in [0.5, 0.6) is 0 Å². The number of nitrogens with zero attached hydrogens (tertiary/aromatic N) is 3. The van der Waals surface area contributed by atoms with Gasteiger partial charge in [-0.3, -0.25) is 9.89 Å². The summed E-state index contributed by atoms with van der Waals surface area (Å²) in [4.78, 5) is 18.7. The van der Waals surface area contributed by atoms with Crippen LogP contribution in [-0.2, 0) is 6.42 Å². The quantitative estimate of drug-likeness (QED) is 0.832. The molecule has 0 aliphatic carbocycles. The largest absolute Gasteiger partial charge is 0.332 e. The maximum atomic E-state index is 12.5. The fraction of sp³-hybridized carbons (Fsp3) is 0.769. The van der Waals surface area contributed by atoms with Gasteiger partial charge in [-0.25, -0.2) is 4.98 Å². The van der Waals surface area contributed by atoms with Crippen molar-refractivity contribution in [2.45, 2.75) is 45.6 Å². The molecule has 19 heavy (non-hydrogen) atoms. The molecule has 1 aliphatic heterocycles. The zero-order valence-corrected chi connectivity index (χ0v) is 11.8. The van der Waals surface area contributed by atoms with Crippen molar-refractivity contribution < 1.29 is 4.79 Å². The summed E-state index contributed by atoms with van der Waals surface area (Å²) >= 11 is 0. The minimum atomic E-state index is -0.0495. The fourth-order valence-electron chi connectivity index (χ4n) is 2.47. The van der Waals surface area contributed by atoms with Crippen molar-refractivity contribution in [3.8, 4) is 0 Å². The first-order valence-electron chi connectivity index (χ1n) is 7.19. The van der Waals surface area contributed by atoms with Gasteiger partial charge >= 0.3 is 0 Å². The molecule has 2 heterocycles. The first-order valence-corrected chi connectivity index (χ1v) is 7.19. The molecule has 1 atom stereocenters. The number of rotatable bonds is 5. The number of piperidine rings is 1. The van der Waals surface area contributed by atoms with E-state index in [9.17, 15) is 4.79 Å². The Morgan fingerprint density at radius 1 is 1.47 bits per heavy atom. The number of hydrogen-bond donors (Lipinski definition) is 2. The molecule has 1 fully saturated rings. The summed E-state index contributed by atoms with van der Waals surface area (Å²) in [5, 5.41) is 10.2. The molecule has 0 radical (unpaired) electrons. The van der Waals surface area contributed by atoms with E-state index >= 15 is 0 Å². The van der Waals surface area contributed by atoms with E-state index in [1.807, 2.05) is 11.8 Å². The highest BCUT2D eigenvalue weighted by Crippen LogP contribution is 2.13. The van der Waals surface area contributed by atoms with Crippen LogP contribution in [0.1, 0.15) is 49.6 Å². The lowest BCUT2D eigenvalue weighted by Gasteiger charge is -2.33. The van der Waals surface area contributed by atoms with Gasteiger partial charge in [-0.2, -0.15) is 0 Å². The fourth-order valence-corrected chi connectivity index (χ4v) is 2.47. The predicted octanol–water partition coefficient (Wildman–Crippen LogP) is 0.971. The first kappa shape index (κ1) is 14.0. The van der Waals surface area contributed by atoms with E-state index in [2.05, 4.69) is 27.4 Å². The van der Waals surface area contributed by atoms with E-state index in [1.165, 1.54) is 0 Å². The third-order valence-electron chi connectivity index (χ3n) is 3.49. The average molecular weight is 265 g/mol. The molecule has 0 bridgehead atoms. The number of aryl methyl sites for hydroxylation is 1. The predicted molar refractivity (Wildman–Crippen MR) is 73.0 cm³/mol. The van der Waals surface area contributed by atoms with Crippen molar-refractivity contribution in [1.82, 2.24) is 25.4 Å². The molecule has 1 aliphatic rings. The summed E-state index contributed by atoms with van der Waals surface area (Å²) in [6, 6.07) is 0.268. The van der Waals surface area contributed by atoms with Gasteiger partial charge in [0.25, 0.3) is 5.91 Å². The Bertz CT molecular complexity index is 411. The molecule has 1 amide bonds. The number of aromatic nitrogens is 3. The second-order valence-electron chi connectivity index (χ2n) is 4.96. The van der Waals surface area contributed by atoms with Gasteiger partial charge in [0.05, 0.1) is 0 Å². The number of carbonyl (C=O) groups excluding carboxylic acids is 1. The highest BCUT2D eigenvalue weighted by molar-refractivity contribution is 5.90. The summed E-state index contributed by atoms with van der Waals surface area (Å²) in [5.74, 6) is 1.02. The zero-order chi connectivity index (χ0) is 13.7. The molecule has 6 heteroatoms. The molecule has 6 nitrogen and oxygen atoms in total. The third kappa shape index (κ3) is 3.32. The molecule has 2 N–H and O–H groups in total. The Hall–Kier alpha value is -1.43. The van der Waals surface area contributed by atoms with Gasteiger partial charge in [-0.05, 0) is 25.8 Å². The molecule has 1 unspecified atom stereocenters. The number of aromatic amines is 1. The molecule has 106 valence electrons. The second-order valence-corrected chi connectivity index (χ2v) is 4.96. The van der Waals surface area contributed by atoms with Crippen LogP contribution in [0.15, 0.2) is 0 Å². The number of H-pyrrole nitrogens is 1. The topological polar surface area (TPSA) is 73.9 Å². The van der Waals surface area contributed by atoms with Gasteiger partial charge in [0.2, 0.25) is 5.82 Å². The number of hydrogen-bond acceptors (Lipinski definition) is 4. The lowest BCUT2D eigenvalue weighted by molar-refractivity contribution is 0.0636. The molecule has 0 aromatic carbocycles. The van der Waals surface area contributed by atoms with E-state index in [0.29, 0.717) is 5.82 Å². The van der Waals surface area contributed by atoms with Gasteiger partial charge in [0, 0.05) is 25.6 Å². The van der Waals surface area contributed by atoms with Crippen molar-refractivity contribution in [2.24, 2.45) is 0 Å². The zero-order valence-electron chi connectivity index (χ0n) is 11.8. The van der Waals surface area contributed by atoms with Crippen molar-refractivity contribution >= 4 is 5.91 Å². The van der Waals surface area contributed by atoms with Crippen molar-refractivity contribution in [1.29, 1.82) is 0 Å². The molecular weight excluding hydrogens is 242 g/mol. The molecule has 2 rings (SSSR count). The SMILES string of the molecule is CCCN(C(=O)c1n[nH]c(CC)n1)C1CCCNC1. The normalized spacial score (nSPS) is 19.4. The van der Waals surface area contributed by atoms with Crippen molar-refractivity contribution in [3.63, 3.8) is 0 Å². The highest BCUT2D eigenvalue weighted by atomic mass is 16.2. The summed E-state index contributed by atoms with van der Waals surface area (Å²) in [6.45, 7) is 6.76. The Morgan fingerprint density at radius 3 is 2.89 bits per heavy atom. The first-order chi connectivity index (χ1) is 9.26. The summed E-state index contributed by atoms with van der Waals surface area (Å²) in [5.41, 5.74) is 0. The molecule has 0 spiro atoms. The van der Waals surface area contributed by atoms with E-state index in [-0.39, 0.29) is 11.9 Å². The standard InChI is InChI=1S/C13H23N5O/c1-3-8-18(10-6-5-7-14-9-10)13(19)12-15-11(4-2)16-17-12/h10,14H,3-9H2,1-2H3,(H,15,16,17). The summed E-state index contributed by atoms with van der Waals surface area (Å²) in [6.07, 6.45) is 3.89. The Morgan fingerprint density at radius 2 is 2.32 bits per heavy atom. The van der Waals surface area contributed by atoms with Gasteiger partial charge in [0.1, 0.15) is 5.82 Å². The van der Waals surface area contributed by atoms with Crippen LogP contribution < -0.4 is 5.32 Å². The number of amides is 1. The van der Waals surface area contributed by atoms with Crippen LogP contribution in [0.25, 0.3) is 0 Å². The lowest BCUT2D eigenvalue weighted by Crippen LogP contribution is -2.49. The van der Waals surface area contributed by atoms with E-state index in [0.717, 1.165) is 51.1 Å². The average Bonchev–Trinajstić information content (AvgIpc) is 2.94. The molecular formula is C13H23N5O.